The summed E-state index contributed by atoms with van der Waals surface area (Å²) in [7, 11) is 1.27. The highest BCUT2D eigenvalue weighted by Gasteiger charge is 2.44. The number of carbonyl (C=O) groups is 2. The highest BCUT2D eigenvalue weighted by atomic mass is 19.4. The second kappa shape index (κ2) is 10.4. The Morgan fingerprint density at radius 2 is 1.86 bits per heavy atom. The van der Waals surface area contributed by atoms with Crippen molar-refractivity contribution in [2.24, 2.45) is 0 Å². The van der Waals surface area contributed by atoms with Gasteiger partial charge in [0, 0.05) is 13.1 Å². The van der Waals surface area contributed by atoms with Crippen LogP contribution in [0.2, 0.25) is 0 Å². The summed E-state index contributed by atoms with van der Waals surface area (Å²) in [5.74, 6) is -1.21. The van der Waals surface area contributed by atoms with Gasteiger partial charge in [-0.2, -0.15) is 18.3 Å². The molecule has 7 nitrogen and oxygen atoms in total. The summed E-state index contributed by atoms with van der Waals surface area (Å²) in [5.41, 5.74) is 1.26. The third-order valence-electron chi connectivity index (χ3n) is 5.70. The van der Waals surface area contributed by atoms with Gasteiger partial charge in [-0.3, -0.25) is 4.79 Å². The Kier molecular flexibility index (Phi) is 7.72. The van der Waals surface area contributed by atoms with Crippen molar-refractivity contribution in [2.75, 3.05) is 25.1 Å². The van der Waals surface area contributed by atoms with Gasteiger partial charge in [0.1, 0.15) is 11.4 Å². The molecule has 0 fully saturated rings. The van der Waals surface area contributed by atoms with Crippen molar-refractivity contribution in [1.82, 2.24) is 15.1 Å². The van der Waals surface area contributed by atoms with Crippen LogP contribution in [0.25, 0.3) is 0 Å². The van der Waals surface area contributed by atoms with E-state index >= 15 is 0 Å². The zero-order valence-electron chi connectivity index (χ0n) is 20.4. The topological polar surface area (TPSA) is 76.5 Å². The number of carbonyl (C=O) groups excluding carboxylic acids is 2. The van der Waals surface area contributed by atoms with Gasteiger partial charge in [0.05, 0.1) is 25.3 Å². The lowest BCUT2D eigenvalue weighted by Crippen LogP contribution is -2.31. The van der Waals surface area contributed by atoms with E-state index in [2.05, 4.69) is 15.2 Å². The number of amides is 1. The van der Waals surface area contributed by atoms with E-state index in [4.69, 9.17) is 0 Å². The predicted octanol–water partition coefficient (Wildman–Crippen LogP) is 4.91. The minimum absolute atomic E-state index is 0.157. The normalized spacial score (nSPS) is 14.4. The number of benzene rings is 1. The number of anilines is 1. The molecule has 1 atom stereocenters. The molecule has 1 aromatic heterocycles. The van der Waals surface area contributed by atoms with Gasteiger partial charge in [-0.25, -0.2) is 9.48 Å². The molecule has 0 spiro atoms. The van der Waals surface area contributed by atoms with Crippen LogP contribution in [0.3, 0.4) is 0 Å². The van der Waals surface area contributed by atoms with Gasteiger partial charge in [0.15, 0.2) is 5.69 Å². The number of esters is 1. The van der Waals surface area contributed by atoms with Crippen molar-refractivity contribution in [3.8, 4) is 0 Å². The summed E-state index contributed by atoms with van der Waals surface area (Å²) in [4.78, 5) is 26.6. The van der Waals surface area contributed by atoms with E-state index in [1.807, 2.05) is 32.9 Å². The Bertz CT molecular complexity index is 1160. The SMILES string of the molecule is C/C=C(\C=C(C)C)CN1CCn2nc(C(F)(F)F)c(C(=O)NC(C)c3ccc(C(=O)OC)cc3)c21. The first-order chi connectivity index (χ1) is 16.5. The van der Waals surface area contributed by atoms with Gasteiger partial charge in [-0.1, -0.05) is 29.9 Å². The number of allylic oxidation sites excluding steroid dienone is 2. The van der Waals surface area contributed by atoms with Gasteiger partial charge in [0.25, 0.3) is 5.91 Å². The lowest BCUT2D eigenvalue weighted by atomic mass is 10.1. The number of halogens is 3. The van der Waals surface area contributed by atoms with E-state index in [1.54, 1.807) is 24.0 Å². The van der Waals surface area contributed by atoms with E-state index in [0.29, 0.717) is 24.2 Å². The molecule has 0 saturated carbocycles. The molecule has 0 aliphatic carbocycles. The first-order valence-corrected chi connectivity index (χ1v) is 11.2. The highest BCUT2D eigenvalue weighted by molar-refractivity contribution is 6.01. The zero-order chi connectivity index (χ0) is 25.9. The largest absolute Gasteiger partial charge is 0.465 e. The maximum Gasteiger partial charge on any atom is 0.436 e. The molecule has 1 amide bonds. The fourth-order valence-electron chi connectivity index (χ4n) is 4.00. The molecular weight excluding hydrogens is 461 g/mol. The summed E-state index contributed by atoms with van der Waals surface area (Å²) in [6.07, 6.45) is -0.926. The molecule has 2 heterocycles. The fraction of sp³-hybridized carbons (Fsp3) is 0.400. The van der Waals surface area contributed by atoms with E-state index < -0.39 is 35.4 Å². The molecule has 10 heteroatoms. The average Bonchev–Trinajstić information content (AvgIpc) is 3.37. The van der Waals surface area contributed by atoms with E-state index in [9.17, 15) is 22.8 Å². The zero-order valence-corrected chi connectivity index (χ0v) is 20.4. The monoisotopic (exact) mass is 490 g/mol. The second-order valence-corrected chi connectivity index (χ2v) is 8.58. The molecule has 1 aliphatic heterocycles. The molecule has 1 N–H and O–H groups in total. The average molecular weight is 491 g/mol. The van der Waals surface area contributed by atoms with Crippen molar-refractivity contribution in [2.45, 2.75) is 46.5 Å². The van der Waals surface area contributed by atoms with Gasteiger partial charge in [-0.15, -0.1) is 0 Å². The molecule has 0 saturated heterocycles. The van der Waals surface area contributed by atoms with Crippen LogP contribution in [0, 0.1) is 0 Å². The minimum atomic E-state index is -4.79. The van der Waals surface area contributed by atoms with Crippen LogP contribution in [-0.4, -0.2) is 41.9 Å². The number of methoxy groups -OCH3 is 1. The molecule has 0 bridgehead atoms. The first-order valence-electron chi connectivity index (χ1n) is 11.2. The summed E-state index contributed by atoms with van der Waals surface area (Å²) >= 11 is 0. The standard InChI is InChI=1S/C25H29F3N4O3/c1-6-17(13-15(2)3)14-31-11-12-32-23(31)20(21(30-32)25(26,27)28)22(33)29-16(4)18-7-9-19(10-8-18)24(34)35-5/h6-10,13,16H,11-12,14H2,1-5H3,(H,29,33)/b17-6+. The van der Waals surface area contributed by atoms with Crippen molar-refractivity contribution in [3.63, 3.8) is 0 Å². The van der Waals surface area contributed by atoms with Crippen LogP contribution >= 0.6 is 0 Å². The van der Waals surface area contributed by atoms with E-state index in [-0.39, 0.29) is 12.4 Å². The van der Waals surface area contributed by atoms with Crippen LogP contribution in [0.1, 0.15) is 65.7 Å². The molecular formula is C25H29F3N4O3. The number of nitrogens with zero attached hydrogens (tertiary/aromatic N) is 3. The molecule has 2 aromatic rings. The number of hydrogen-bond donors (Lipinski definition) is 1. The third-order valence-corrected chi connectivity index (χ3v) is 5.70. The van der Waals surface area contributed by atoms with Crippen molar-refractivity contribution in [3.05, 3.63) is 69.9 Å². The minimum Gasteiger partial charge on any atom is -0.465 e. The van der Waals surface area contributed by atoms with Crippen LogP contribution in [0.4, 0.5) is 19.0 Å². The Morgan fingerprint density at radius 1 is 1.20 bits per heavy atom. The molecule has 3 rings (SSSR count). The van der Waals surface area contributed by atoms with Crippen molar-refractivity contribution >= 4 is 17.7 Å². The number of ether oxygens (including phenoxy) is 1. The van der Waals surface area contributed by atoms with Gasteiger partial charge < -0.3 is 15.0 Å². The van der Waals surface area contributed by atoms with Crippen LogP contribution in [0.5, 0.6) is 0 Å². The predicted molar refractivity (Wildman–Crippen MR) is 126 cm³/mol. The molecule has 1 unspecified atom stereocenters. The van der Waals surface area contributed by atoms with Crippen LogP contribution < -0.4 is 10.2 Å². The van der Waals surface area contributed by atoms with Crippen LogP contribution in [0.15, 0.2) is 47.6 Å². The van der Waals surface area contributed by atoms with E-state index in [0.717, 1.165) is 11.1 Å². The van der Waals surface area contributed by atoms with Crippen LogP contribution in [-0.2, 0) is 17.5 Å². The third kappa shape index (κ3) is 5.75. The summed E-state index contributed by atoms with van der Waals surface area (Å²) < 4.78 is 47.5. The van der Waals surface area contributed by atoms with E-state index in [1.165, 1.54) is 23.9 Å². The number of hydrogen-bond acceptors (Lipinski definition) is 5. The molecule has 35 heavy (non-hydrogen) atoms. The number of alkyl halides is 3. The summed E-state index contributed by atoms with van der Waals surface area (Å²) in [5, 5.41) is 6.41. The lowest BCUT2D eigenvalue weighted by Gasteiger charge is -2.21. The maximum atomic E-state index is 13.9. The van der Waals surface area contributed by atoms with Crippen molar-refractivity contribution in [1.29, 1.82) is 0 Å². The molecule has 1 aromatic carbocycles. The maximum absolute atomic E-state index is 13.9. The lowest BCUT2D eigenvalue weighted by molar-refractivity contribution is -0.141. The van der Waals surface area contributed by atoms with Crippen molar-refractivity contribution < 1.29 is 27.5 Å². The Hall–Kier alpha value is -3.56. The Morgan fingerprint density at radius 3 is 2.40 bits per heavy atom. The summed E-state index contributed by atoms with van der Waals surface area (Å²) in [6.45, 7) is 8.46. The molecule has 1 aliphatic rings. The number of nitrogens with one attached hydrogen (secondary N) is 1. The highest BCUT2D eigenvalue weighted by Crippen LogP contribution is 2.38. The molecule has 0 radical (unpaired) electrons. The second-order valence-electron chi connectivity index (χ2n) is 8.58. The van der Waals surface area contributed by atoms with Gasteiger partial charge in [0.2, 0.25) is 0 Å². The first kappa shape index (κ1) is 26.1. The van der Waals surface area contributed by atoms with Gasteiger partial charge >= 0.3 is 12.1 Å². The number of aromatic nitrogens is 2. The Balaban J connectivity index is 1.92. The number of fused-ring (bicyclic) bond motifs is 1. The quantitative estimate of drug-likeness (QED) is 0.441. The van der Waals surface area contributed by atoms with Gasteiger partial charge in [-0.05, 0) is 51.0 Å². The fourth-order valence-corrected chi connectivity index (χ4v) is 4.00. The number of rotatable bonds is 7. The molecule has 188 valence electrons. The summed E-state index contributed by atoms with van der Waals surface area (Å²) in [6, 6.07) is 5.69. The Labute approximate surface area is 202 Å². The smallest absolute Gasteiger partial charge is 0.436 e.